The van der Waals surface area contributed by atoms with Crippen molar-refractivity contribution in [1.29, 1.82) is 0 Å². The first-order valence-corrected chi connectivity index (χ1v) is 5.82. The number of aliphatic hydroxyl groups is 1. The fraction of sp³-hybridized carbons (Fsp3) is 0.636. The molecule has 0 fully saturated rings. The molecule has 0 aromatic rings. The summed E-state index contributed by atoms with van der Waals surface area (Å²) in [5, 5.41) is 19.8. The van der Waals surface area contributed by atoms with Crippen LogP contribution < -0.4 is 11.5 Å². The molecule has 0 saturated heterocycles. The van der Waals surface area contributed by atoms with Crippen molar-refractivity contribution < 1.29 is 14.8 Å². The minimum Gasteiger partial charge on any atom is -0.496 e. The Morgan fingerprint density at radius 2 is 2.33 bits per heavy atom. The number of ether oxygens (including phenoxy) is 1. The normalized spacial score (nSPS) is 23.8. The summed E-state index contributed by atoms with van der Waals surface area (Å²) in [6, 6.07) is 0. The monoisotopic (exact) mass is 257 g/mol. The van der Waals surface area contributed by atoms with Crippen molar-refractivity contribution in [3.05, 3.63) is 33.3 Å². The number of hydrogen-bond donors (Lipinski definition) is 3. The van der Waals surface area contributed by atoms with Crippen LogP contribution in [0.2, 0.25) is 0 Å². The van der Waals surface area contributed by atoms with Crippen molar-refractivity contribution in [3.63, 3.8) is 0 Å². The molecule has 0 bridgehead atoms. The average molecular weight is 257 g/mol. The van der Waals surface area contributed by atoms with Gasteiger partial charge in [0.15, 0.2) is 0 Å². The average Bonchev–Trinajstić information content (AvgIpc) is 2.31. The van der Waals surface area contributed by atoms with Crippen LogP contribution >= 0.6 is 0 Å². The maximum Gasteiger partial charge on any atom is 0.271 e. The van der Waals surface area contributed by atoms with E-state index in [1.165, 1.54) is 6.08 Å². The van der Waals surface area contributed by atoms with Crippen molar-refractivity contribution in [3.8, 4) is 0 Å². The van der Waals surface area contributed by atoms with Crippen LogP contribution in [0.5, 0.6) is 0 Å². The number of allylic oxidation sites excluding steroid dienone is 1. The summed E-state index contributed by atoms with van der Waals surface area (Å²) < 4.78 is 5.41. The topological polar surface area (TPSA) is 125 Å². The Bertz CT molecular complexity index is 392. The highest BCUT2D eigenvalue weighted by Gasteiger charge is 2.40. The highest BCUT2D eigenvalue weighted by Crippen LogP contribution is 2.33. The summed E-state index contributed by atoms with van der Waals surface area (Å²) in [6.45, 7) is 2.19. The van der Waals surface area contributed by atoms with Gasteiger partial charge < -0.3 is 21.3 Å². The van der Waals surface area contributed by atoms with Crippen molar-refractivity contribution in [2.75, 3.05) is 13.2 Å². The molecule has 0 aromatic carbocycles. The second-order valence-electron chi connectivity index (χ2n) is 4.26. The first-order chi connectivity index (χ1) is 8.44. The number of rotatable bonds is 6. The van der Waals surface area contributed by atoms with E-state index in [0.29, 0.717) is 25.2 Å². The molecule has 1 aliphatic rings. The zero-order valence-corrected chi connectivity index (χ0v) is 10.4. The van der Waals surface area contributed by atoms with E-state index < -0.39 is 10.5 Å². The van der Waals surface area contributed by atoms with Crippen LogP contribution in [-0.2, 0) is 4.74 Å². The van der Waals surface area contributed by atoms with E-state index in [0.717, 1.165) is 0 Å². The van der Waals surface area contributed by atoms with E-state index >= 15 is 0 Å². The Morgan fingerprint density at radius 1 is 1.67 bits per heavy atom. The molecule has 0 aliphatic heterocycles. The van der Waals surface area contributed by atoms with Gasteiger partial charge in [0.05, 0.1) is 23.5 Å². The van der Waals surface area contributed by atoms with Crippen LogP contribution in [0.3, 0.4) is 0 Å². The SMILES string of the molecule is CCOC1=CC(N)=C([N+](=O)[O-])CC1(N)CCCO. The van der Waals surface area contributed by atoms with Gasteiger partial charge in [0, 0.05) is 12.7 Å². The van der Waals surface area contributed by atoms with E-state index in [-0.39, 0.29) is 24.4 Å². The van der Waals surface area contributed by atoms with Gasteiger partial charge in [-0.25, -0.2) is 0 Å². The zero-order chi connectivity index (χ0) is 13.8. The van der Waals surface area contributed by atoms with Crippen molar-refractivity contribution >= 4 is 0 Å². The van der Waals surface area contributed by atoms with Crippen LogP contribution in [0.15, 0.2) is 23.2 Å². The number of nitrogens with zero attached hydrogens (tertiary/aromatic N) is 1. The summed E-state index contributed by atoms with van der Waals surface area (Å²) in [7, 11) is 0. The molecule has 102 valence electrons. The van der Waals surface area contributed by atoms with E-state index in [2.05, 4.69) is 0 Å². The third kappa shape index (κ3) is 2.99. The Morgan fingerprint density at radius 3 is 2.83 bits per heavy atom. The van der Waals surface area contributed by atoms with Gasteiger partial charge >= 0.3 is 0 Å². The quantitative estimate of drug-likeness (QED) is 0.462. The molecule has 7 nitrogen and oxygen atoms in total. The molecule has 0 saturated carbocycles. The second-order valence-corrected chi connectivity index (χ2v) is 4.26. The van der Waals surface area contributed by atoms with Crippen LogP contribution in [0.25, 0.3) is 0 Å². The molecule has 1 aliphatic carbocycles. The van der Waals surface area contributed by atoms with E-state index in [1.807, 2.05) is 0 Å². The summed E-state index contributed by atoms with van der Waals surface area (Å²) in [6.07, 6.45) is 2.28. The van der Waals surface area contributed by atoms with Gasteiger partial charge in [-0.05, 0) is 19.8 Å². The minimum atomic E-state index is -0.968. The van der Waals surface area contributed by atoms with Gasteiger partial charge in [0.2, 0.25) is 0 Å². The molecule has 0 aromatic heterocycles. The van der Waals surface area contributed by atoms with Gasteiger partial charge in [-0.1, -0.05) is 0 Å². The Kier molecular flexibility index (Phi) is 4.69. The predicted molar refractivity (Wildman–Crippen MR) is 65.8 cm³/mol. The van der Waals surface area contributed by atoms with Crippen LogP contribution in [-0.4, -0.2) is 28.8 Å². The first-order valence-electron chi connectivity index (χ1n) is 5.82. The highest BCUT2D eigenvalue weighted by molar-refractivity contribution is 5.34. The molecule has 18 heavy (non-hydrogen) atoms. The highest BCUT2D eigenvalue weighted by atomic mass is 16.6. The number of aliphatic hydroxyl groups excluding tert-OH is 1. The van der Waals surface area contributed by atoms with E-state index in [9.17, 15) is 10.1 Å². The lowest BCUT2D eigenvalue weighted by atomic mass is 9.83. The maximum atomic E-state index is 10.9. The maximum absolute atomic E-state index is 10.9. The van der Waals surface area contributed by atoms with Crippen LogP contribution in [0, 0.1) is 10.1 Å². The molecule has 0 heterocycles. The lowest BCUT2D eigenvalue weighted by Gasteiger charge is -2.33. The third-order valence-corrected chi connectivity index (χ3v) is 2.89. The van der Waals surface area contributed by atoms with Gasteiger partial charge in [-0.3, -0.25) is 10.1 Å². The molecule has 7 heteroatoms. The predicted octanol–water partition coefficient (Wildman–Crippen LogP) is 0.228. The minimum absolute atomic E-state index is 0.0116. The zero-order valence-electron chi connectivity index (χ0n) is 10.4. The smallest absolute Gasteiger partial charge is 0.271 e. The van der Waals surface area contributed by atoms with Gasteiger partial charge in [0.1, 0.15) is 11.5 Å². The standard InChI is InChI=1S/C11H19N3O4/c1-2-18-10-6-8(12)9(14(16)17)7-11(10,13)4-3-5-15/h6,15H,2-5,7,12-13H2,1H3. The second kappa shape index (κ2) is 5.83. The summed E-state index contributed by atoms with van der Waals surface area (Å²) in [5.41, 5.74) is 10.8. The largest absolute Gasteiger partial charge is 0.496 e. The third-order valence-electron chi connectivity index (χ3n) is 2.89. The lowest BCUT2D eigenvalue weighted by molar-refractivity contribution is -0.430. The Hall–Kier alpha value is -1.60. The van der Waals surface area contributed by atoms with Crippen molar-refractivity contribution in [2.45, 2.75) is 31.7 Å². The van der Waals surface area contributed by atoms with Gasteiger partial charge in [-0.15, -0.1) is 0 Å². The molecule has 1 unspecified atom stereocenters. The van der Waals surface area contributed by atoms with E-state index in [4.69, 9.17) is 21.3 Å². The molecule has 1 rings (SSSR count). The molecule has 0 radical (unpaired) electrons. The summed E-state index contributed by atoms with van der Waals surface area (Å²) >= 11 is 0. The summed E-state index contributed by atoms with van der Waals surface area (Å²) in [4.78, 5) is 10.4. The van der Waals surface area contributed by atoms with Crippen LogP contribution in [0.4, 0.5) is 0 Å². The molecular formula is C11H19N3O4. The van der Waals surface area contributed by atoms with Crippen molar-refractivity contribution in [2.24, 2.45) is 11.5 Å². The number of nitrogens with two attached hydrogens (primary N) is 2. The molecular weight excluding hydrogens is 238 g/mol. The van der Waals surface area contributed by atoms with Crippen molar-refractivity contribution in [1.82, 2.24) is 0 Å². The molecule has 1 atom stereocenters. The number of nitro groups is 1. The fourth-order valence-electron chi connectivity index (χ4n) is 1.97. The Balaban J connectivity index is 3.05. The number of hydrogen-bond acceptors (Lipinski definition) is 6. The van der Waals surface area contributed by atoms with Gasteiger partial charge in [-0.2, -0.15) is 0 Å². The van der Waals surface area contributed by atoms with Gasteiger partial charge in [0.25, 0.3) is 5.70 Å². The van der Waals surface area contributed by atoms with E-state index in [1.54, 1.807) is 6.92 Å². The van der Waals surface area contributed by atoms with Crippen LogP contribution in [0.1, 0.15) is 26.2 Å². The molecule has 0 amide bonds. The first kappa shape index (κ1) is 14.5. The molecule has 0 spiro atoms. The fourth-order valence-corrected chi connectivity index (χ4v) is 1.97. The Labute approximate surface area is 105 Å². The lowest BCUT2D eigenvalue weighted by Crippen LogP contribution is -2.46. The molecule has 5 N–H and O–H groups in total. The summed E-state index contributed by atoms with van der Waals surface area (Å²) in [5.74, 6) is 0.446.